The summed E-state index contributed by atoms with van der Waals surface area (Å²) in [5, 5.41) is 11.3. The molecule has 0 bridgehead atoms. The van der Waals surface area contributed by atoms with E-state index in [4.69, 9.17) is 4.74 Å². The van der Waals surface area contributed by atoms with Gasteiger partial charge in [-0.05, 0) is 54.1 Å². The highest BCUT2D eigenvalue weighted by Gasteiger charge is 2.46. The van der Waals surface area contributed by atoms with Crippen LogP contribution in [0.4, 0.5) is 0 Å². The van der Waals surface area contributed by atoms with Crippen molar-refractivity contribution >= 4 is 36.5 Å². The Kier molecular flexibility index (Phi) is 7.32. The number of hydroxylamine groups is 1. The lowest BCUT2D eigenvalue weighted by molar-refractivity contribution is -0.140. The predicted molar refractivity (Wildman–Crippen MR) is 133 cm³/mol. The maximum absolute atomic E-state index is 13.2. The van der Waals surface area contributed by atoms with E-state index in [0.717, 1.165) is 22.6 Å². The van der Waals surface area contributed by atoms with Crippen molar-refractivity contribution in [1.29, 1.82) is 0 Å². The number of aromatic nitrogens is 1. The summed E-state index contributed by atoms with van der Waals surface area (Å²) in [5.74, 6) is -0.928. The number of ether oxygens (including phenoxy) is 1. The molecule has 36 heavy (non-hydrogen) atoms. The highest BCUT2D eigenvalue weighted by Crippen LogP contribution is 2.36. The summed E-state index contributed by atoms with van der Waals surface area (Å²) in [6.07, 6.45) is 4.47. The number of nitrogens with one attached hydrogen (secondary N) is 1. The van der Waals surface area contributed by atoms with Crippen molar-refractivity contribution in [1.82, 2.24) is 14.8 Å². The van der Waals surface area contributed by atoms with E-state index in [1.807, 2.05) is 24.3 Å². The standard InChI is InChI=1S/C24H27N3O7S2/c1-35(30,31)27-13-10-24(11-14-27,23(28)26-29)17-36(32,33)21-7-5-20(6-8-21)34-16-19-4-2-3-18-15-25-12-9-22(18)19/h2-9,12,15,29H,10-11,13-14,16-17H2,1H3,(H,26,28). The van der Waals surface area contributed by atoms with Crippen LogP contribution < -0.4 is 10.2 Å². The molecule has 1 saturated heterocycles. The smallest absolute Gasteiger partial charge is 0.250 e. The van der Waals surface area contributed by atoms with Crippen molar-refractivity contribution in [3.63, 3.8) is 0 Å². The van der Waals surface area contributed by atoms with E-state index in [-0.39, 0.29) is 37.4 Å². The molecule has 1 amide bonds. The number of pyridine rings is 1. The number of sulfonamides is 1. The number of rotatable bonds is 8. The zero-order valence-corrected chi connectivity index (χ0v) is 21.3. The average Bonchev–Trinajstić information content (AvgIpc) is 2.86. The summed E-state index contributed by atoms with van der Waals surface area (Å²) in [7, 11) is -7.42. The highest BCUT2D eigenvalue weighted by molar-refractivity contribution is 7.91. The summed E-state index contributed by atoms with van der Waals surface area (Å²) < 4.78 is 57.1. The number of hydrogen-bond donors (Lipinski definition) is 2. The molecular weight excluding hydrogens is 506 g/mol. The molecule has 12 heteroatoms. The van der Waals surface area contributed by atoms with Gasteiger partial charge in [0.1, 0.15) is 12.4 Å². The van der Waals surface area contributed by atoms with Crippen LogP contribution >= 0.6 is 0 Å². The Hall–Kier alpha value is -3.06. The summed E-state index contributed by atoms with van der Waals surface area (Å²) >= 11 is 0. The number of sulfone groups is 1. The van der Waals surface area contributed by atoms with Gasteiger partial charge in [0.2, 0.25) is 10.0 Å². The van der Waals surface area contributed by atoms with Gasteiger partial charge >= 0.3 is 0 Å². The average molecular weight is 534 g/mol. The predicted octanol–water partition coefficient (Wildman–Crippen LogP) is 2.13. The number of fused-ring (bicyclic) bond motifs is 1. The van der Waals surface area contributed by atoms with E-state index >= 15 is 0 Å². The molecule has 0 spiro atoms. The summed E-state index contributed by atoms with van der Waals surface area (Å²) in [4.78, 5) is 16.6. The van der Waals surface area contributed by atoms with Crippen LogP contribution in [-0.2, 0) is 31.3 Å². The second-order valence-corrected chi connectivity index (χ2v) is 12.9. The zero-order chi connectivity index (χ0) is 26.0. The molecule has 1 fully saturated rings. The second kappa shape index (κ2) is 10.1. The lowest BCUT2D eigenvalue weighted by Gasteiger charge is -2.38. The molecule has 0 saturated carbocycles. The number of amides is 1. The van der Waals surface area contributed by atoms with Crippen molar-refractivity contribution in [3.05, 3.63) is 66.5 Å². The molecule has 1 aliphatic rings. The van der Waals surface area contributed by atoms with Crippen molar-refractivity contribution < 1.29 is 31.6 Å². The van der Waals surface area contributed by atoms with Crippen LogP contribution in [0.5, 0.6) is 5.75 Å². The first-order chi connectivity index (χ1) is 17.0. The molecule has 0 atom stereocenters. The lowest BCUT2D eigenvalue weighted by Crippen LogP contribution is -2.52. The van der Waals surface area contributed by atoms with E-state index in [1.165, 1.54) is 16.4 Å². The zero-order valence-electron chi connectivity index (χ0n) is 19.6. The molecule has 1 aromatic heterocycles. The molecule has 0 radical (unpaired) electrons. The molecule has 1 aliphatic heterocycles. The summed E-state index contributed by atoms with van der Waals surface area (Å²) in [6.45, 7) is 0.252. The van der Waals surface area contributed by atoms with Crippen LogP contribution in [0.2, 0.25) is 0 Å². The molecule has 4 rings (SSSR count). The van der Waals surface area contributed by atoms with Gasteiger partial charge in [-0.25, -0.2) is 26.6 Å². The Morgan fingerprint density at radius 1 is 1.08 bits per heavy atom. The largest absolute Gasteiger partial charge is 0.489 e. The van der Waals surface area contributed by atoms with Crippen molar-refractivity contribution in [2.75, 3.05) is 25.1 Å². The van der Waals surface area contributed by atoms with Gasteiger partial charge in [-0.1, -0.05) is 18.2 Å². The Labute approximate surface area is 209 Å². The fourth-order valence-corrected chi connectivity index (χ4v) is 7.18. The SMILES string of the molecule is CS(=O)(=O)N1CCC(CS(=O)(=O)c2ccc(OCc3cccc4cnccc34)cc2)(C(=O)NO)CC1. The molecule has 2 heterocycles. The van der Waals surface area contributed by atoms with Gasteiger partial charge in [-0.2, -0.15) is 0 Å². The Balaban J connectivity index is 1.48. The number of carbonyl (C=O) groups excluding carboxylic acids is 1. The van der Waals surface area contributed by atoms with Crippen molar-refractivity contribution in [3.8, 4) is 5.75 Å². The van der Waals surface area contributed by atoms with Gasteiger partial charge in [0.25, 0.3) is 5.91 Å². The maximum Gasteiger partial charge on any atom is 0.250 e. The van der Waals surface area contributed by atoms with Crippen LogP contribution in [0, 0.1) is 5.41 Å². The third-order valence-corrected chi connectivity index (χ3v) is 9.77. The molecule has 0 unspecified atom stereocenters. The summed E-state index contributed by atoms with van der Waals surface area (Å²) in [5.41, 5.74) is 1.07. The number of hydrogen-bond acceptors (Lipinski definition) is 8. The highest BCUT2D eigenvalue weighted by atomic mass is 32.2. The number of carbonyl (C=O) groups is 1. The molecule has 2 aromatic carbocycles. The Morgan fingerprint density at radius 3 is 2.42 bits per heavy atom. The third-order valence-electron chi connectivity index (χ3n) is 6.55. The van der Waals surface area contributed by atoms with Gasteiger partial charge in [0.15, 0.2) is 9.84 Å². The topological polar surface area (TPSA) is 143 Å². The molecule has 192 valence electrons. The van der Waals surface area contributed by atoms with E-state index in [1.54, 1.807) is 30.0 Å². The number of piperidine rings is 1. The minimum atomic E-state index is -3.94. The fourth-order valence-electron chi connectivity index (χ4n) is 4.47. The summed E-state index contributed by atoms with van der Waals surface area (Å²) in [6, 6.07) is 13.6. The van der Waals surface area contributed by atoms with Gasteiger partial charge < -0.3 is 4.74 Å². The third kappa shape index (κ3) is 5.51. The van der Waals surface area contributed by atoms with Gasteiger partial charge in [-0.15, -0.1) is 0 Å². The lowest BCUT2D eigenvalue weighted by atomic mass is 9.80. The van der Waals surface area contributed by atoms with E-state index in [9.17, 15) is 26.8 Å². The number of benzene rings is 2. The van der Waals surface area contributed by atoms with Crippen LogP contribution in [0.25, 0.3) is 10.8 Å². The first kappa shape index (κ1) is 26.0. The van der Waals surface area contributed by atoms with Gasteiger partial charge in [-0.3, -0.25) is 15.0 Å². The first-order valence-corrected chi connectivity index (χ1v) is 14.7. The molecule has 3 aromatic rings. The maximum atomic E-state index is 13.2. The Morgan fingerprint density at radius 2 is 1.78 bits per heavy atom. The minimum absolute atomic E-state index is 0.00161. The molecule has 2 N–H and O–H groups in total. The molecule has 0 aliphatic carbocycles. The second-order valence-electron chi connectivity index (χ2n) is 8.92. The number of nitrogens with zero attached hydrogens (tertiary/aromatic N) is 2. The van der Waals surface area contributed by atoms with Crippen LogP contribution in [0.3, 0.4) is 0 Å². The molecular formula is C24H27N3O7S2. The normalized spacial score (nSPS) is 16.5. The van der Waals surface area contributed by atoms with E-state index in [0.29, 0.717) is 5.75 Å². The Bertz CT molecular complexity index is 1460. The van der Waals surface area contributed by atoms with Gasteiger partial charge in [0, 0.05) is 30.9 Å². The monoisotopic (exact) mass is 533 g/mol. The fraction of sp³-hybridized carbons (Fsp3) is 0.333. The molecule has 10 nitrogen and oxygen atoms in total. The quantitative estimate of drug-likeness (QED) is 0.331. The first-order valence-electron chi connectivity index (χ1n) is 11.2. The van der Waals surface area contributed by atoms with E-state index < -0.39 is 36.9 Å². The van der Waals surface area contributed by atoms with Crippen LogP contribution in [-0.4, -0.2) is 62.3 Å². The minimum Gasteiger partial charge on any atom is -0.489 e. The van der Waals surface area contributed by atoms with Crippen molar-refractivity contribution in [2.45, 2.75) is 24.3 Å². The van der Waals surface area contributed by atoms with Crippen LogP contribution in [0.1, 0.15) is 18.4 Å². The van der Waals surface area contributed by atoms with Crippen LogP contribution in [0.15, 0.2) is 65.8 Å². The van der Waals surface area contributed by atoms with E-state index in [2.05, 4.69) is 4.98 Å². The van der Waals surface area contributed by atoms with Gasteiger partial charge in [0.05, 0.1) is 22.3 Å². The van der Waals surface area contributed by atoms with Crippen molar-refractivity contribution in [2.24, 2.45) is 5.41 Å².